The maximum Gasteiger partial charge on any atom is 0.226 e. The van der Waals surface area contributed by atoms with Crippen LogP contribution in [-0.4, -0.2) is 51.2 Å². The molecule has 1 aromatic heterocycles. The van der Waals surface area contributed by atoms with Gasteiger partial charge < -0.3 is 15.5 Å². The van der Waals surface area contributed by atoms with Crippen molar-refractivity contribution in [2.45, 2.75) is 45.1 Å². The van der Waals surface area contributed by atoms with Gasteiger partial charge >= 0.3 is 0 Å². The summed E-state index contributed by atoms with van der Waals surface area (Å²) in [5.41, 5.74) is 7.95. The second-order valence-electron chi connectivity index (χ2n) is 8.36. The zero-order valence-electron chi connectivity index (χ0n) is 17.8. The minimum absolute atomic E-state index is 0.0537. The summed E-state index contributed by atoms with van der Waals surface area (Å²) < 4.78 is 13.9. The van der Waals surface area contributed by atoms with E-state index in [1.807, 2.05) is 11.0 Å². The molecule has 8 heteroatoms. The van der Waals surface area contributed by atoms with E-state index in [1.54, 1.807) is 24.1 Å². The van der Waals surface area contributed by atoms with E-state index in [4.69, 9.17) is 5.73 Å². The summed E-state index contributed by atoms with van der Waals surface area (Å²) in [5.74, 6) is -0.141. The molecular weight excluding hydrogens is 397 g/mol. The van der Waals surface area contributed by atoms with Gasteiger partial charge in [-0.1, -0.05) is 12.1 Å². The fourth-order valence-corrected chi connectivity index (χ4v) is 4.70. The first-order chi connectivity index (χ1) is 14.9. The second-order valence-corrected chi connectivity index (χ2v) is 8.36. The second kappa shape index (κ2) is 8.99. The van der Waals surface area contributed by atoms with E-state index in [1.165, 1.54) is 12.1 Å². The Labute approximate surface area is 181 Å². The summed E-state index contributed by atoms with van der Waals surface area (Å²) in [6.07, 6.45) is 5.65. The number of carbonyl (C=O) groups excluding carboxylic acids is 2. The highest BCUT2D eigenvalue weighted by molar-refractivity contribution is 5.81. The van der Waals surface area contributed by atoms with Gasteiger partial charge in [-0.15, -0.1) is 0 Å². The molecule has 0 unspecified atom stereocenters. The molecule has 1 atom stereocenters. The molecule has 0 saturated carbocycles. The topological polar surface area (TPSA) is 92.4 Å². The number of nitrogen functional groups attached to an aromatic ring is 1. The number of aromatic nitrogens is 2. The van der Waals surface area contributed by atoms with Gasteiger partial charge in [0.05, 0.1) is 11.7 Å². The highest BCUT2D eigenvalue weighted by Crippen LogP contribution is 2.37. The Hall–Kier alpha value is -3.03. The molecule has 2 aromatic rings. The third-order valence-corrected chi connectivity index (χ3v) is 6.36. The van der Waals surface area contributed by atoms with Gasteiger partial charge in [0.15, 0.2) is 0 Å². The van der Waals surface area contributed by atoms with E-state index >= 15 is 0 Å². The zero-order chi connectivity index (χ0) is 22.0. The summed E-state index contributed by atoms with van der Waals surface area (Å²) in [6, 6.07) is 6.08. The molecule has 4 rings (SSSR count). The molecule has 0 bridgehead atoms. The fourth-order valence-electron chi connectivity index (χ4n) is 4.70. The standard InChI is InChI=1S/C23H28FN5O2/c1-15(30)28-11-8-16(9-12-28)22(31)29-10-3-2-7-20(29)21-19(14-26-23(25)27-21)17-5-4-6-18(24)13-17/h4-6,13-14,16,20H,2-3,7-12H2,1H3,(H2,25,26,27)/t20-/m0/s1. The number of likely N-dealkylation sites (tertiary alicyclic amines) is 2. The lowest BCUT2D eigenvalue weighted by Gasteiger charge is -2.40. The Morgan fingerprint density at radius 3 is 2.61 bits per heavy atom. The lowest BCUT2D eigenvalue weighted by atomic mass is 9.90. The summed E-state index contributed by atoms with van der Waals surface area (Å²) in [5, 5.41) is 0. The summed E-state index contributed by atoms with van der Waals surface area (Å²) >= 11 is 0. The molecule has 1 aromatic carbocycles. The van der Waals surface area contributed by atoms with Crippen molar-refractivity contribution >= 4 is 17.8 Å². The first kappa shape index (κ1) is 21.2. The van der Waals surface area contributed by atoms with Crippen molar-refractivity contribution in [3.8, 4) is 11.1 Å². The fraction of sp³-hybridized carbons (Fsp3) is 0.478. The Balaban J connectivity index is 1.63. The van der Waals surface area contributed by atoms with Gasteiger partial charge in [-0.3, -0.25) is 9.59 Å². The van der Waals surface area contributed by atoms with Crippen LogP contribution in [0.2, 0.25) is 0 Å². The Morgan fingerprint density at radius 2 is 1.90 bits per heavy atom. The molecule has 164 valence electrons. The van der Waals surface area contributed by atoms with Crippen LogP contribution in [0.15, 0.2) is 30.5 Å². The van der Waals surface area contributed by atoms with E-state index in [9.17, 15) is 14.0 Å². The van der Waals surface area contributed by atoms with Crippen LogP contribution in [0.3, 0.4) is 0 Å². The van der Waals surface area contributed by atoms with Crippen molar-refractivity contribution in [3.63, 3.8) is 0 Å². The highest BCUT2D eigenvalue weighted by atomic mass is 19.1. The van der Waals surface area contributed by atoms with E-state index in [2.05, 4.69) is 9.97 Å². The van der Waals surface area contributed by atoms with Crippen LogP contribution in [0.1, 0.15) is 50.8 Å². The van der Waals surface area contributed by atoms with Crippen LogP contribution < -0.4 is 5.73 Å². The molecule has 31 heavy (non-hydrogen) atoms. The monoisotopic (exact) mass is 425 g/mol. The number of halogens is 1. The van der Waals surface area contributed by atoms with Gasteiger partial charge in [-0.2, -0.15) is 0 Å². The molecule has 2 aliphatic rings. The molecular formula is C23H28FN5O2. The average molecular weight is 426 g/mol. The number of piperidine rings is 2. The maximum atomic E-state index is 13.9. The molecule has 2 N–H and O–H groups in total. The van der Waals surface area contributed by atoms with Gasteiger partial charge in [-0.05, 0) is 49.8 Å². The largest absolute Gasteiger partial charge is 0.368 e. The number of rotatable bonds is 3. The van der Waals surface area contributed by atoms with Gasteiger partial charge in [0, 0.05) is 44.2 Å². The number of amides is 2. The molecule has 2 saturated heterocycles. The van der Waals surface area contributed by atoms with Gasteiger partial charge in [0.2, 0.25) is 17.8 Å². The number of benzene rings is 1. The molecule has 7 nitrogen and oxygen atoms in total. The minimum Gasteiger partial charge on any atom is -0.368 e. The van der Waals surface area contributed by atoms with Crippen molar-refractivity contribution in [1.82, 2.24) is 19.8 Å². The summed E-state index contributed by atoms with van der Waals surface area (Å²) in [6.45, 7) is 3.44. The van der Waals surface area contributed by atoms with Crippen molar-refractivity contribution in [2.24, 2.45) is 5.92 Å². The predicted octanol–water partition coefficient (Wildman–Crippen LogP) is 3.18. The molecule has 0 aliphatic carbocycles. The van der Waals surface area contributed by atoms with Crippen LogP contribution in [0, 0.1) is 11.7 Å². The molecule has 2 amide bonds. The number of anilines is 1. The third-order valence-electron chi connectivity index (χ3n) is 6.36. The number of nitrogens with zero attached hydrogens (tertiary/aromatic N) is 4. The number of carbonyl (C=O) groups is 2. The van der Waals surface area contributed by atoms with Crippen LogP contribution in [0.4, 0.5) is 10.3 Å². The minimum atomic E-state index is -0.339. The zero-order valence-corrected chi connectivity index (χ0v) is 17.8. The Bertz CT molecular complexity index is 974. The highest BCUT2D eigenvalue weighted by Gasteiger charge is 2.36. The maximum absolute atomic E-state index is 13.9. The Morgan fingerprint density at radius 1 is 1.13 bits per heavy atom. The molecule has 2 aliphatic heterocycles. The van der Waals surface area contributed by atoms with E-state index in [0.29, 0.717) is 49.3 Å². The van der Waals surface area contributed by atoms with Crippen molar-refractivity contribution in [1.29, 1.82) is 0 Å². The quantitative estimate of drug-likeness (QED) is 0.815. The van der Waals surface area contributed by atoms with Crippen LogP contribution in [0.25, 0.3) is 11.1 Å². The number of nitrogens with two attached hydrogens (primary N) is 1. The molecule has 0 spiro atoms. The smallest absolute Gasteiger partial charge is 0.226 e. The SMILES string of the molecule is CC(=O)N1CCC(C(=O)N2CCCC[C@H]2c2nc(N)ncc2-c2cccc(F)c2)CC1. The first-order valence-corrected chi connectivity index (χ1v) is 10.9. The van der Waals surface area contributed by atoms with Gasteiger partial charge in [0.1, 0.15) is 5.82 Å². The lowest BCUT2D eigenvalue weighted by molar-refractivity contribution is -0.143. The number of hydrogen-bond acceptors (Lipinski definition) is 5. The van der Waals surface area contributed by atoms with Crippen molar-refractivity contribution in [2.75, 3.05) is 25.4 Å². The van der Waals surface area contributed by atoms with E-state index < -0.39 is 0 Å². The van der Waals surface area contributed by atoms with Gasteiger partial charge in [-0.25, -0.2) is 14.4 Å². The van der Waals surface area contributed by atoms with E-state index in [-0.39, 0.29) is 35.5 Å². The number of hydrogen-bond donors (Lipinski definition) is 1. The van der Waals surface area contributed by atoms with Crippen molar-refractivity contribution in [3.05, 3.63) is 42.0 Å². The van der Waals surface area contributed by atoms with Crippen LogP contribution >= 0.6 is 0 Å². The van der Waals surface area contributed by atoms with Crippen LogP contribution in [-0.2, 0) is 9.59 Å². The molecule has 0 radical (unpaired) electrons. The van der Waals surface area contributed by atoms with Crippen LogP contribution in [0.5, 0.6) is 0 Å². The molecule has 3 heterocycles. The van der Waals surface area contributed by atoms with Gasteiger partial charge in [0.25, 0.3) is 0 Å². The Kier molecular flexibility index (Phi) is 6.15. The summed E-state index contributed by atoms with van der Waals surface area (Å²) in [7, 11) is 0. The van der Waals surface area contributed by atoms with Crippen molar-refractivity contribution < 1.29 is 14.0 Å². The predicted molar refractivity (Wildman–Crippen MR) is 115 cm³/mol. The molecule has 2 fully saturated rings. The third kappa shape index (κ3) is 4.52. The normalized spacial score (nSPS) is 20.0. The first-order valence-electron chi connectivity index (χ1n) is 10.9. The summed E-state index contributed by atoms with van der Waals surface area (Å²) in [4.78, 5) is 37.5. The average Bonchev–Trinajstić information content (AvgIpc) is 2.78. The lowest BCUT2D eigenvalue weighted by Crippen LogP contribution is -2.46. The van der Waals surface area contributed by atoms with E-state index in [0.717, 1.165) is 19.3 Å².